The summed E-state index contributed by atoms with van der Waals surface area (Å²) in [4.78, 5) is 18.5. The zero-order chi connectivity index (χ0) is 47.0. The van der Waals surface area contributed by atoms with E-state index in [4.69, 9.17) is 9.97 Å². The van der Waals surface area contributed by atoms with Gasteiger partial charge in [0.05, 0.1) is 22.8 Å². The zero-order valence-corrected chi connectivity index (χ0v) is 44.9. The van der Waals surface area contributed by atoms with Crippen LogP contribution >= 0.6 is 0 Å². The summed E-state index contributed by atoms with van der Waals surface area (Å²) in [6, 6.07) is 29.5. The van der Waals surface area contributed by atoms with Gasteiger partial charge in [0.25, 0.3) is 0 Å². The summed E-state index contributed by atoms with van der Waals surface area (Å²) in [6.45, 7) is 35.8. The maximum Gasteiger partial charge on any atom is 0.146 e. The quantitative estimate of drug-likeness (QED) is 0.106. The Morgan fingerprint density at radius 2 is 0.785 bits per heavy atom. The van der Waals surface area contributed by atoms with Crippen molar-refractivity contribution in [3.8, 4) is 45.2 Å². The molecule has 336 valence electrons. The summed E-state index contributed by atoms with van der Waals surface area (Å²) in [5.41, 5.74) is 27.0. The summed E-state index contributed by atoms with van der Waals surface area (Å²) in [5, 5.41) is 0. The zero-order valence-electron chi connectivity index (χ0n) is 41.9. The van der Waals surface area contributed by atoms with Crippen LogP contribution in [0.1, 0.15) is 123 Å². The van der Waals surface area contributed by atoms with Gasteiger partial charge >= 0.3 is 0 Å². The maximum atomic E-state index is 5.48. The number of fused-ring (bicyclic) bond motifs is 8. The predicted molar refractivity (Wildman–Crippen MR) is 293 cm³/mol. The van der Waals surface area contributed by atoms with Crippen molar-refractivity contribution in [3.05, 3.63) is 118 Å². The van der Waals surface area contributed by atoms with Crippen LogP contribution in [-0.4, -0.2) is 44.2 Å². The number of nitrogens with zero attached hydrogens (tertiary/aromatic N) is 2. The fourth-order valence-electron chi connectivity index (χ4n) is 11.2. The lowest BCUT2D eigenvalue weighted by atomic mass is 10.0. The Hall–Kier alpha value is -5.19. The van der Waals surface area contributed by atoms with E-state index in [0.717, 1.165) is 84.3 Å². The standard InChI is InChI=1S/C58H72N4Si3/c1-38(2)64(39(3)4,40(5)6)34-32-44-16-20-46(21-17-44)57-53-26-24-48(59-53)36-49-25-27-54(60-49)58(47-22-18-45(19-23-47)33-35-65(41(7)8,42(9)10)43(11)12)56-31-29-52(62-56)50(37-63(13,14)15)51-28-30-55(57)61-51/h16-31,36,38-43,59-60H,37H2,1-15H3. The SMILES string of the molecule is CC(C)[Si](C#Cc1ccc(-c2c3nc(c(C[Si](C)(C)C)c4nc(c(-c5ccc(C#C[Si](C(C)C)(C(C)C)C(C)C)cc5)c5ccc(cc6ccc2[nH]6)[nH]5)C=C4)C=C3)cc1)(C(C)C)C(C)C. The molecule has 0 radical (unpaired) electrons. The first-order valence-corrected chi connectivity index (χ1v) is 32.3. The molecule has 65 heavy (non-hydrogen) atoms. The molecule has 2 aromatic carbocycles. The summed E-state index contributed by atoms with van der Waals surface area (Å²) in [6.07, 6.45) is 8.80. The van der Waals surface area contributed by atoms with Crippen LogP contribution in [0.5, 0.6) is 0 Å². The third kappa shape index (κ3) is 9.71. The van der Waals surface area contributed by atoms with Crippen LogP contribution in [0.3, 0.4) is 0 Å². The van der Waals surface area contributed by atoms with Gasteiger partial charge in [-0.25, -0.2) is 9.97 Å². The Morgan fingerprint density at radius 1 is 0.446 bits per heavy atom. The van der Waals surface area contributed by atoms with E-state index >= 15 is 0 Å². The van der Waals surface area contributed by atoms with E-state index in [-0.39, 0.29) is 0 Å². The second kappa shape index (κ2) is 19.0. The average molecular weight is 910 g/mol. The Balaban J connectivity index is 1.41. The Bertz CT molecular complexity index is 2670. The van der Waals surface area contributed by atoms with Gasteiger partial charge in [0.15, 0.2) is 0 Å². The van der Waals surface area contributed by atoms with Gasteiger partial charge in [0.2, 0.25) is 0 Å². The highest BCUT2D eigenvalue weighted by atomic mass is 28.3. The Morgan fingerprint density at radius 3 is 1.11 bits per heavy atom. The average Bonchev–Trinajstić information content (AvgIpc) is 4.07. The second-order valence-electron chi connectivity index (χ2n) is 21.6. The molecule has 5 aromatic rings. The number of aromatic nitrogens is 4. The van der Waals surface area contributed by atoms with E-state index in [2.05, 4.69) is 239 Å². The molecule has 5 heterocycles. The number of benzene rings is 2. The molecule has 0 amide bonds. The molecule has 0 fully saturated rings. The van der Waals surface area contributed by atoms with Crippen molar-refractivity contribution in [2.24, 2.45) is 0 Å². The topological polar surface area (TPSA) is 57.4 Å². The van der Waals surface area contributed by atoms with Crippen LogP contribution in [-0.2, 0) is 6.04 Å². The first kappa shape index (κ1) is 47.8. The molecule has 0 spiro atoms. The molecule has 7 heteroatoms. The molecule has 2 aliphatic rings. The van der Waals surface area contributed by atoms with Gasteiger partial charge < -0.3 is 9.97 Å². The first-order valence-electron chi connectivity index (χ1n) is 24.1. The lowest BCUT2D eigenvalue weighted by Gasteiger charge is -2.38. The molecule has 8 bridgehead atoms. The van der Waals surface area contributed by atoms with Gasteiger partial charge in [0, 0.05) is 58.0 Å². The normalized spacial score (nSPS) is 13.1. The number of nitrogens with one attached hydrogen (secondary N) is 2. The number of hydrogen-bond donors (Lipinski definition) is 2. The van der Waals surface area contributed by atoms with Crippen molar-refractivity contribution in [3.63, 3.8) is 0 Å². The minimum absolute atomic E-state index is 0.588. The molecular weight excluding hydrogens is 837 g/mol. The van der Waals surface area contributed by atoms with Crippen molar-refractivity contribution in [1.82, 2.24) is 19.9 Å². The molecule has 4 nitrogen and oxygen atoms in total. The fourth-order valence-corrected chi connectivity index (χ4v) is 23.1. The van der Waals surface area contributed by atoms with E-state index in [1.807, 2.05) is 0 Å². The minimum Gasteiger partial charge on any atom is -0.355 e. The molecule has 0 atom stereocenters. The molecule has 3 aromatic heterocycles. The molecule has 7 rings (SSSR count). The number of hydrogen-bond acceptors (Lipinski definition) is 2. The Labute approximate surface area is 394 Å². The number of rotatable bonds is 10. The van der Waals surface area contributed by atoms with E-state index in [9.17, 15) is 0 Å². The van der Waals surface area contributed by atoms with Gasteiger partial charge in [0.1, 0.15) is 16.1 Å². The van der Waals surface area contributed by atoms with Gasteiger partial charge in [-0.1, -0.05) is 139 Å². The van der Waals surface area contributed by atoms with E-state index in [1.54, 1.807) is 0 Å². The fraction of sp³-hybridized carbons (Fsp3) is 0.379. The first-order chi connectivity index (χ1) is 30.7. The smallest absolute Gasteiger partial charge is 0.146 e. The van der Waals surface area contributed by atoms with Crippen LogP contribution in [0.2, 0.25) is 52.9 Å². The number of H-pyrrole nitrogens is 2. The van der Waals surface area contributed by atoms with Gasteiger partial charge in [-0.3, -0.25) is 0 Å². The molecule has 0 saturated heterocycles. The lowest BCUT2D eigenvalue weighted by Crippen LogP contribution is -2.43. The van der Waals surface area contributed by atoms with Crippen molar-refractivity contribution in [2.45, 2.75) is 142 Å². The van der Waals surface area contributed by atoms with E-state index in [0.29, 0.717) is 33.2 Å². The molecule has 2 N–H and O–H groups in total. The molecular formula is C58H72N4Si3. The summed E-state index contributed by atoms with van der Waals surface area (Å²) in [7, 11) is -5.34. The third-order valence-electron chi connectivity index (χ3n) is 14.3. The summed E-state index contributed by atoms with van der Waals surface area (Å²) >= 11 is 0. The predicted octanol–water partition coefficient (Wildman–Crippen LogP) is 16.5. The van der Waals surface area contributed by atoms with Gasteiger partial charge in [-0.05, 0) is 129 Å². The van der Waals surface area contributed by atoms with E-state index in [1.165, 1.54) is 5.56 Å². The highest BCUT2D eigenvalue weighted by molar-refractivity contribution is 6.91. The highest BCUT2D eigenvalue weighted by Gasteiger charge is 2.42. The van der Waals surface area contributed by atoms with Crippen molar-refractivity contribution >= 4 is 70.6 Å². The minimum atomic E-state index is -1.86. The van der Waals surface area contributed by atoms with Crippen LogP contribution in [0.15, 0.2) is 78.9 Å². The largest absolute Gasteiger partial charge is 0.355 e. The van der Waals surface area contributed by atoms with Crippen molar-refractivity contribution in [1.29, 1.82) is 0 Å². The maximum absolute atomic E-state index is 5.48. The van der Waals surface area contributed by atoms with Gasteiger partial charge in [-0.2, -0.15) is 0 Å². The van der Waals surface area contributed by atoms with Crippen LogP contribution in [0.4, 0.5) is 0 Å². The third-order valence-corrected chi connectivity index (χ3v) is 28.3. The summed E-state index contributed by atoms with van der Waals surface area (Å²) in [5.74, 6) is 7.33. The molecule has 2 aliphatic heterocycles. The molecule has 0 saturated carbocycles. The van der Waals surface area contributed by atoms with E-state index < -0.39 is 24.2 Å². The Kier molecular flexibility index (Phi) is 13.9. The van der Waals surface area contributed by atoms with Crippen LogP contribution in [0.25, 0.3) is 68.6 Å². The lowest BCUT2D eigenvalue weighted by molar-refractivity contribution is 0.838. The van der Waals surface area contributed by atoms with Crippen molar-refractivity contribution < 1.29 is 0 Å². The molecule has 0 unspecified atom stereocenters. The second-order valence-corrected chi connectivity index (χ2v) is 38.3. The highest BCUT2D eigenvalue weighted by Crippen LogP contribution is 2.42. The number of aromatic amines is 2. The van der Waals surface area contributed by atoms with Crippen LogP contribution < -0.4 is 0 Å². The molecule has 0 aliphatic carbocycles. The summed E-state index contributed by atoms with van der Waals surface area (Å²) < 4.78 is 0. The monoisotopic (exact) mass is 909 g/mol. The van der Waals surface area contributed by atoms with Gasteiger partial charge in [-0.15, -0.1) is 11.1 Å². The van der Waals surface area contributed by atoms with Crippen molar-refractivity contribution in [2.75, 3.05) is 0 Å². The van der Waals surface area contributed by atoms with Crippen LogP contribution in [0, 0.1) is 22.9 Å².